The molecule has 2 amide bonds. The lowest BCUT2D eigenvalue weighted by atomic mass is 10.1. The van der Waals surface area contributed by atoms with Crippen molar-refractivity contribution in [2.45, 2.75) is 33.1 Å². The Labute approximate surface area is 181 Å². The highest BCUT2D eigenvalue weighted by molar-refractivity contribution is 8.26. The van der Waals surface area contributed by atoms with Gasteiger partial charge in [0.25, 0.3) is 5.91 Å². The lowest BCUT2D eigenvalue weighted by Gasteiger charge is -2.13. The van der Waals surface area contributed by atoms with Gasteiger partial charge in [0, 0.05) is 24.3 Å². The lowest BCUT2D eigenvalue weighted by Crippen LogP contribution is -2.29. The SMILES string of the molecule is CC(C)Cc1nnc(NC(=O)CCCN2C(=O)C(=Cc3cccs3)SC2=S)s1. The highest BCUT2D eigenvalue weighted by Gasteiger charge is 2.31. The molecule has 1 N–H and O–H groups in total. The van der Waals surface area contributed by atoms with Gasteiger partial charge in [0.05, 0.1) is 4.91 Å². The molecule has 1 aliphatic rings. The van der Waals surface area contributed by atoms with Crippen LogP contribution in [0.1, 0.15) is 36.6 Å². The minimum atomic E-state index is -0.133. The van der Waals surface area contributed by atoms with Gasteiger partial charge in [-0.05, 0) is 29.9 Å². The molecule has 1 aliphatic heterocycles. The van der Waals surface area contributed by atoms with Crippen LogP contribution in [-0.2, 0) is 16.0 Å². The van der Waals surface area contributed by atoms with Gasteiger partial charge in [0.2, 0.25) is 11.0 Å². The summed E-state index contributed by atoms with van der Waals surface area (Å²) in [6, 6.07) is 3.90. The second-order valence-electron chi connectivity index (χ2n) is 6.60. The third-order valence-corrected chi connectivity index (χ3v) is 6.83. The van der Waals surface area contributed by atoms with E-state index in [0.29, 0.717) is 39.7 Å². The van der Waals surface area contributed by atoms with Gasteiger partial charge in [0.15, 0.2) is 0 Å². The highest BCUT2D eigenvalue weighted by Crippen LogP contribution is 2.33. The van der Waals surface area contributed by atoms with E-state index < -0.39 is 0 Å². The first-order chi connectivity index (χ1) is 13.4. The Morgan fingerprint density at radius 3 is 2.93 bits per heavy atom. The average molecular weight is 453 g/mol. The molecule has 2 aromatic rings. The van der Waals surface area contributed by atoms with Gasteiger partial charge in [-0.15, -0.1) is 21.5 Å². The number of hydrogen-bond donors (Lipinski definition) is 1. The van der Waals surface area contributed by atoms with Gasteiger partial charge < -0.3 is 5.32 Å². The number of hydrogen-bond acceptors (Lipinski definition) is 8. The monoisotopic (exact) mass is 452 g/mol. The number of nitrogens with one attached hydrogen (secondary N) is 1. The summed E-state index contributed by atoms with van der Waals surface area (Å²) >= 11 is 9.61. The number of thiocarbonyl (C=S) groups is 1. The van der Waals surface area contributed by atoms with Crippen molar-refractivity contribution in [3.8, 4) is 0 Å². The lowest BCUT2D eigenvalue weighted by molar-refractivity contribution is -0.122. The van der Waals surface area contributed by atoms with E-state index in [2.05, 4.69) is 29.4 Å². The molecule has 0 aromatic carbocycles. The van der Waals surface area contributed by atoms with Gasteiger partial charge in [0.1, 0.15) is 9.33 Å². The third kappa shape index (κ3) is 5.69. The van der Waals surface area contributed by atoms with Crippen molar-refractivity contribution in [2.24, 2.45) is 5.92 Å². The third-order valence-electron chi connectivity index (χ3n) is 3.77. The van der Waals surface area contributed by atoms with E-state index in [9.17, 15) is 9.59 Å². The van der Waals surface area contributed by atoms with Crippen molar-refractivity contribution in [3.05, 3.63) is 32.3 Å². The zero-order valence-electron chi connectivity index (χ0n) is 15.5. The molecule has 2 aromatic heterocycles. The number of amides is 2. The summed E-state index contributed by atoms with van der Waals surface area (Å²) in [6.07, 6.45) is 3.53. The Kier molecular flexibility index (Phi) is 7.33. The molecule has 6 nitrogen and oxygen atoms in total. The van der Waals surface area contributed by atoms with Crippen molar-refractivity contribution in [1.29, 1.82) is 0 Å². The summed E-state index contributed by atoms with van der Waals surface area (Å²) in [6.45, 7) is 4.65. The number of aromatic nitrogens is 2. The van der Waals surface area contributed by atoms with Crippen LogP contribution in [0.15, 0.2) is 22.4 Å². The maximum Gasteiger partial charge on any atom is 0.266 e. The van der Waals surface area contributed by atoms with Crippen molar-refractivity contribution in [3.63, 3.8) is 0 Å². The average Bonchev–Trinajstić information content (AvgIpc) is 3.33. The number of thioether (sulfide) groups is 1. The second kappa shape index (κ2) is 9.73. The summed E-state index contributed by atoms with van der Waals surface area (Å²) in [5.41, 5.74) is 0. The first kappa shape index (κ1) is 21.1. The standard InChI is InChI=1S/C18H20N4O2S4/c1-11(2)9-15-20-21-17(28-15)19-14(23)6-3-7-22-16(24)13(27-18(22)25)10-12-5-4-8-26-12/h4-5,8,10-11H,3,6-7,9H2,1-2H3,(H,19,21,23). The van der Waals surface area contributed by atoms with Gasteiger partial charge >= 0.3 is 0 Å². The normalized spacial score (nSPS) is 15.8. The van der Waals surface area contributed by atoms with E-state index in [0.717, 1.165) is 16.3 Å². The van der Waals surface area contributed by atoms with Gasteiger partial charge in [-0.3, -0.25) is 14.5 Å². The Balaban J connectivity index is 1.46. The Morgan fingerprint density at radius 1 is 1.39 bits per heavy atom. The first-order valence-electron chi connectivity index (χ1n) is 8.83. The van der Waals surface area contributed by atoms with Gasteiger partial charge in [-0.1, -0.05) is 55.2 Å². The van der Waals surface area contributed by atoms with Crippen molar-refractivity contribution < 1.29 is 9.59 Å². The van der Waals surface area contributed by atoms with Crippen LogP contribution < -0.4 is 5.32 Å². The summed E-state index contributed by atoms with van der Waals surface area (Å²) in [7, 11) is 0. The summed E-state index contributed by atoms with van der Waals surface area (Å²) < 4.78 is 0.538. The minimum Gasteiger partial charge on any atom is -0.301 e. The molecule has 0 radical (unpaired) electrons. The quantitative estimate of drug-likeness (QED) is 0.472. The van der Waals surface area contributed by atoms with E-state index in [1.807, 2.05) is 23.6 Å². The molecule has 10 heteroatoms. The maximum atomic E-state index is 12.5. The fourth-order valence-corrected chi connectivity index (χ4v) is 5.51. The molecule has 28 heavy (non-hydrogen) atoms. The van der Waals surface area contributed by atoms with Gasteiger partial charge in [-0.25, -0.2) is 0 Å². The van der Waals surface area contributed by atoms with Crippen LogP contribution in [0.2, 0.25) is 0 Å². The highest BCUT2D eigenvalue weighted by atomic mass is 32.2. The van der Waals surface area contributed by atoms with E-state index in [4.69, 9.17) is 12.2 Å². The van der Waals surface area contributed by atoms with E-state index in [-0.39, 0.29) is 11.8 Å². The Hall–Kier alpha value is -1.62. The number of anilines is 1. The van der Waals surface area contributed by atoms with Crippen LogP contribution in [0.4, 0.5) is 5.13 Å². The van der Waals surface area contributed by atoms with Crippen molar-refractivity contribution in [2.75, 3.05) is 11.9 Å². The molecule has 3 rings (SSSR count). The number of carbonyl (C=O) groups excluding carboxylic acids is 2. The predicted octanol–water partition coefficient (Wildman–Crippen LogP) is 4.42. The zero-order valence-corrected chi connectivity index (χ0v) is 18.8. The van der Waals surface area contributed by atoms with E-state index in [1.54, 1.807) is 16.2 Å². The molecule has 0 saturated carbocycles. The van der Waals surface area contributed by atoms with Crippen LogP contribution in [0.5, 0.6) is 0 Å². The molecule has 0 atom stereocenters. The predicted molar refractivity (Wildman–Crippen MR) is 121 cm³/mol. The molecule has 0 spiro atoms. The van der Waals surface area contributed by atoms with Crippen molar-refractivity contribution in [1.82, 2.24) is 15.1 Å². The summed E-state index contributed by atoms with van der Waals surface area (Å²) in [5.74, 6) is 0.271. The number of thiophene rings is 1. The molecule has 1 fully saturated rings. The van der Waals surface area contributed by atoms with Crippen LogP contribution in [0, 0.1) is 5.92 Å². The number of rotatable bonds is 8. The second-order valence-corrected chi connectivity index (χ2v) is 10.3. The zero-order chi connectivity index (χ0) is 20.1. The smallest absolute Gasteiger partial charge is 0.266 e. The van der Waals surface area contributed by atoms with Gasteiger partial charge in [-0.2, -0.15) is 0 Å². The molecule has 0 bridgehead atoms. The molecule has 0 unspecified atom stereocenters. The molecule has 148 valence electrons. The van der Waals surface area contributed by atoms with Crippen LogP contribution in [-0.4, -0.2) is 37.8 Å². The Bertz CT molecular complexity index is 889. The van der Waals surface area contributed by atoms with Crippen molar-refractivity contribution >= 4 is 74.0 Å². The Morgan fingerprint density at radius 2 is 2.21 bits per heavy atom. The molecule has 1 saturated heterocycles. The molecular formula is C18H20N4O2S4. The van der Waals surface area contributed by atoms with Crippen LogP contribution in [0.3, 0.4) is 0 Å². The van der Waals surface area contributed by atoms with Crippen LogP contribution in [0.25, 0.3) is 6.08 Å². The minimum absolute atomic E-state index is 0.0914. The molecular weight excluding hydrogens is 432 g/mol. The molecule has 3 heterocycles. The fraction of sp³-hybridized carbons (Fsp3) is 0.389. The largest absolute Gasteiger partial charge is 0.301 e. The first-order valence-corrected chi connectivity index (χ1v) is 11.8. The van der Waals surface area contributed by atoms with Crippen LogP contribution >= 0.6 is 46.7 Å². The summed E-state index contributed by atoms with van der Waals surface area (Å²) in [5, 5.41) is 14.3. The summed E-state index contributed by atoms with van der Waals surface area (Å²) in [4.78, 5) is 27.9. The van der Waals surface area contributed by atoms with E-state index >= 15 is 0 Å². The number of nitrogens with zero attached hydrogens (tertiary/aromatic N) is 3. The maximum absolute atomic E-state index is 12.5. The molecule has 0 aliphatic carbocycles. The fourth-order valence-electron chi connectivity index (χ4n) is 2.51. The topological polar surface area (TPSA) is 75.2 Å². The number of carbonyl (C=O) groups is 2. The van der Waals surface area contributed by atoms with E-state index in [1.165, 1.54) is 23.1 Å².